The highest BCUT2D eigenvalue weighted by molar-refractivity contribution is 6.42. The summed E-state index contributed by atoms with van der Waals surface area (Å²) in [5, 5.41) is 12.5. The van der Waals surface area contributed by atoms with Crippen LogP contribution in [0, 0.1) is 0 Å². The second-order valence-electron chi connectivity index (χ2n) is 5.06. The number of aliphatic hydroxyl groups is 1. The van der Waals surface area contributed by atoms with Gasteiger partial charge in [-0.25, -0.2) is 0 Å². The molecule has 0 aliphatic rings. The van der Waals surface area contributed by atoms with Gasteiger partial charge in [-0.05, 0) is 18.2 Å². The standard InChI is InChI=1S/C18H15Cl2NO2/c1-2-9-23-15-8-7-13(19)17(20)16(15)18(22)12-10-21-14-6-4-3-5-11(12)14/h2-8,10,18,21-22H,1,9H2. The predicted octanol–water partition coefficient (Wildman–Crippen LogP) is 5.12. The van der Waals surface area contributed by atoms with Gasteiger partial charge in [0.2, 0.25) is 0 Å². The number of para-hydroxylation sites is 1. The molecule has 0 radical (unpaired) electrons. The molecule has 0 saturated carbocycles. The minimum atomic E-state index is -0.961. The van der Waals surface area contributed by atoms with Crippen molar-refractivity contribution < 1.29 is 9.84 Å². The summed E-state index contributed by atoms with van der Waals surface area (Å²) in [7, 11) is 0. The molecule has 2 N–H and O–H groups in total. The van der Waals surface area contributed by atoms with Gasteiger partial charge in [-0.2, -0.15) is 0 Å². The number of rotatable bonds is 5. The molecular formula is C18H15Cl2NO2. The quantitative estimate of drug-likeness (QED) is 0.629. The van der Waals surface area contributed by atoms with Gasteiger partial charge in [0.1, 0.15) is 18.5 Å². The molecule has 2 aromatic carbocycles. The van der Waals surface area contributed by atoms with E-state index in [1.54, 1.807) is 24.4 Å². The smallest absolute Gasteiger partial charge is 0.127 e. The minimum absolute atomic E-state index is 0.283. The van der Waals surface area contributed by atoms with E-state index in [4.69, 9.17) is 27.9 Å². The molecule has 3 aromatic rings. The topological polar surface area (TPSA) is 45.2 Å². The van der Waals surface area contributed by atoms with Crippen LogP contribution in [0.3, 0.4) is 0 Å². The number of hydrogen-bond acceptors (Lipinski definition) is 2. The summed E-state index contributed by atoms with van der Waals surface area (Å²) in [5.41, 5.74) is 2.10. The average Bonchev–Trinajstić information content (AvgIpc) is 2.99. The van der Waals surface area contributed by atoms with Crippen molar-refractivity contribution in [2.45, 2.75) is 6.10 Å². The molecule has 0 spiro atoms. The number of halogens is 2. The maximum atomic E-state index is 10.9. The molecule has 1 unspecified atom stereocenters. The van der Waals surface area contributed by atoms with E-state index in [9.17, 15) is 5.11 Å². The van der Waals surface area contributed by atoms with Gasteiger partial charge in [0.25, 0.3) is 0 Å². The molecule has 1 atom stereocenters. The van der Waals surface area contributed by atoms with Crippen LogP contribution in [0.1, 0.15) is 17.2 Å². The SMILES string of the molecule is C=CCOc1ccc(Cl)c(Cl)c1C(O)c1c[nH]c2ccccc12. The summed E-state index contributed by atoms with van der Waals surface area (Å²) >= 11 is 12.4. The van der Waals surface area contributed by atoms with Crippen LogP contribution in [-0.2, 0) is 0 Å². The first kappa shape index (κ1) is 15.9. The third kappa shape index (κ3) is 2.95. The van der Waals surface area contributed by atoms with E-state index in [0.717, 1.165) is 10.9 Å². The number of aromatic amines is 1. The number of aromatic nitrogens is 1. The monoisotopic (exact) mass is 347 g/mol. The first-order valence-corrected chi connectivity index (χ1v) is 7.84. The Labute approximate surface area is 144 Å². The van der Waals surface area contributed by atoms with Crippen LogP contribution in [0.2, 0.25) is 10.0 Å². The van der Waals surface area contributed by atoms with Crippen LogP contribution in [0.15, 0.2) is 55.3 Å². The van der Waals surface area contributed by atoms with Gasteiger partial charge < -0.3 is 14.8 Å². The van der Waals surface area contributed by atoms with E-state index < -0.39 is 6.10 Å². The maximum Gasteiger partial charge on any atom is 0.127 e. The van der Waals surface area contributed by atoms with Crippen molar-refractivity contribution in [3.8, 4) is 5.75 Å². The number of hydrogen-bond donors (Lipinski definition) is 2. The van der Waals surface area contributed by atoms with Gasteiger partial charge >= 0.3 is 0 Å². The second kappa shape index (κ2) is 6.67. The van der Waals surface area contributed by atoms with Crippen LogP contribution in [0.4, 0.5) is 0 Å². The number of H-pyrrole nitrogens is 1. The number of benzene rings is 2. The summed E-state index contributed by atoms with van der Waals surface area (Å²) in [4.78, 5) is 3.14. The van der Waals surface area contributed by atoms with Crippen molar-refractivity contribution in [1.29, 1.82) is 0 Å². The summed E-state index contributed by atoms with van der Waals surface area (Å²) in [6.45, 7) is 3.94. The van der Waals surface area contributed by atoms with Crippen LogP contribution in [0.5, 0.6) is 5.75 Å². The molecule has 0 saturated heterocycles. The molecule has 1 aromatic heterocycles. The lowest BCUT2D eigenvalue weighted by Crippen LogP contribution is -2.05. The van der Waals surface area contributed by atoms with Crippen LogP contribution >= 0.6 is 23.2 Å². The second-order valence-corrected chi connectivity index (χ2v) is 5.85. The Hall–Kier alpha value is -1.94. The lowest BCUT2D eigenvalue weighted by Gasteiger charge is -2.18. The molecule has 0 amide bonds. The fourth-order valence-corrected chi connectivity index (χ4v) is 2.98. The van der Waals surface area contributed by atoms with Gasteiger partial charge in [-0.3, -0.25) is 0 Å². The summed E-state index contributed by atoms with van der Waals surface area (Å²) < 4.78 is 5.62. The van der Waals surface area contributed by atoms with E-state index >= 15 is 0 Å². The van der Waals surface area contributed by atoms with Crippen molar-refractivity contribution in [3.63, 3.8) is 0 Å². The summed E-state index contributed by atoms with van der Waals surface area (Å²) in [6, 6.07) is 11.1. The fraction of sp³-hybridized carbons (Fsp3) is 0.111. The van der Waals surface area contributed by atoms with Crippen molar-refractivity contribution in [2.75, 3.05) is 6.61 Å². The fourth-order valence-electron chi connectivity index (χ4n) is 2.55. The molecule has 3 rings (SSSR count). The zero-order valence-corrected chi connectivity index (χ0v) is 13.7. The zero-order valence-electron chi connectivity index (χ0n) is 12.2. The van der Waals surface area contributed by atoms with E-state index in [0.29, 0.717) is 28.5 Å². The Kier molecular flexibility index (Phi) is 4.62. The van der Waals surface area contributed by atoms with Crippen molar-refractivity contribution >= 4 is 34.1 Å². The van der Waals surface area contributed by atoms with Crippen molar-refractivity contribution in [2.24, 2.45) is 0 Å². The van der Waals surface area contributed by atoms with Gasteiger partial charge in [0, 0.05) is 28.2 Å². The Morgan fingerprint density at radius 1 is 1.22 bits per heavy atom. The van der Waals surface area contributed by atoms with E-state index in [1.165, 1.54) is 0 Å². The van der Waals surface area contributed by atoms with Gasteiger partial charge in [0.05, 0.1) is 10.0 Å². The molecule has 0 aliphatic heterocycles. The van der Waals surface area contributed by atoms with Crippen molar-refractivity contribution in [3.05, 3.63) is 76.4 Å². The highest BCUT2D eigenvalue weighted by atomic mass is 35.5. The first-order chi connectivity index (χ1) is 11.1. The molecule has 23 heavy (non-hydrogen) atoms. The zero-order chi connectivity index (χ0) is 16.4. The molecule has 0 fully saturated rings. The number of nitrogens with one attached hydrogen (secondary N) is 1. The minimum Gasteiger partial charge on any atom is -0.489 e. The first-order valence-electron chi connectivity index (χ1n) is 7.09. The molecule has 1 heterocycles. The van der Waals surface area contributed by atoms with E-state index in [1.807, 2.05) is 24.3 Å². The highest BCUT2D eigenvalue weighted by Gasteiger charge is 2.23. The van der Waals surface area contributed by atoms with E-state index in [-0.39, 0.29) is 5.02 Å². The maximum absolute atomic E-state index is 10.9. The van der Waals surface area contributed by atoms with Crippen LogP contribution in [-0.4, -0.2) is 16.7 Å². The average molecular weight is 348 g/mol. The Balaban J connectivity index is 2.12. The third-order valence-electron chi connectivity index (χ3n) is 3.64. The van der Waals surface area contributed by atoms with Gasteiger partial charge in [0.15, 0.2) is 0 Å². The van der Waals surface area contributed by atoms with Gasteiger partial charge in [-0.1, -0.05) is 54.1 Å². The lowest BCUT2D eigenvalue weighted by molar-refractivity contribution is 0.214. The highest BCUT2D eigenvalue weighted by Crippen LogP contribution is 2.41. The summed E-state index contributed by atoms with van der Waals surface area (Å²) in [6.07, 6.45) is 2.44. The Bertz CT molecular complexity index is 857. The van der Waals surface area contributed by atoms with E-state index in [2.05, 4.69) is 11.6 Å². The Morgan fingerprint density at radius 3 is 2.78 bits per heavy atom. The number of ether oxygens (including phenoxy) is 1. The van der Waals surface area contributed by atoms with Crippen LogP contribution < -0.4 is 4.74 Å². The predicted molar refractivity (Wildman–Crippen MR) is 94.5 cm³/mol. The number of fused-ring (bicyclic) bond motifs is 1. The number of aliphatic hydroxyl groups excluding tert-OH is 1. The van der Waals surface area contributed by atoms with Crippen molar-refractivity contribution in [1.82, 2.24) is 4.98 Å². The normalized spacial score (nSPS) is 12.3. The lowest BCUT2D eigenvalue weighted by atomic mass is 10.00. The summed E-state index contributed by atoms with van der Waals surface area (Å²) in [5.74, 6) is 0.483. The molecule has 0 bridgehead atoms. The molecule has 3 nitrogen and oxygen atoms in total. The third-order valence-corrected chi connectivity index (χ3v) is 4.46. The molecule has 5 heteroatoms. The van der Waals surface area contributed by atoms with Gasteiger partial charge in [-0.15, -0.1) is 0 Å². The molecule has 118 valence electrons. The van der Waals surface area contributed by atoms with Crippen LogP contribution in [0.25, 0.3) is 10.9 Å². The Morgan fingerprint density at radius 2 is 2.00 bits per heavy atom. The molecule has 0 aliphatic carbocycles. The largest absolute Gasteiger partial charge is 0.489 e. The molecular weight excluding hydrogens is 333 g/mol.